The van der Waals surface area contributed by atoms with Crippen LogP contribution in [0.5, 0.6) is 5.75 Å². The summed E-state index contributed by atoms with van der Waals surface area (Å²) in [5.74, 6) is 0.0866. The molecule has 178 valence electrons. The Morgan fingerprint density at radius 2 is 2.00 bits per heavy atom. The lowest BCUT2D eigenvalue weighted by molar-refractivity contribution is -0.150. The molecule has 1 aliphatic heterocycles. The fraction of sp³-hybridized carbons (Fsp3) is 0.357. The Morgan fingerprint density at radius 1 is 1.24 bits per heavy atom. The number of fused-ring (bicyclic) bond motifs is 1. The molecule has 0 saturated carbocycles. The van der Waals surface area contributed by atoms with Gasteiger partial charge in [0.2, 0.25) is 5.91 Å². The number of allylic oxidation sites excluding steroid dienone is 1. The van der Waals surface area contributed by atoms with Gasteiger partial charge in [0.15, 0.2) is 0 Å². The van der Waals surface area contributed by atoms with Gasteiger partial charge < -0.3 is 18.8 Å². The van der Waals surface area contributed by atoms with Gasteiger partial charge in [0.1, 0.15) is 11.3 Å². The standard InChI is InChI=1S/C28H31NO5/c1-5-33-28(31)21-12-9-13-29(16-21)25(30)14-18(2)22-15-23-24(20-10-7-6-8-11-20)17-34-27(23)19(3)26(22)32-4/h6-8,10-11,14-15,17,21H,5,9,12-13,16H2,1-4H3/b18-14+. The number of likely N-dealkylation sites (tertiary alicyclic amines) is 1. The fourth-order valence-corrected chi connectivity index (χ4v) is 4.70. The fourth-order valence-electron chi connectivity index (χ4n) is 4.70. The number of amides is 1. The van der Waals surface area contributed by atoms with E-state index in [4.69, 9.17) is 13.9 Å². The molecule has 2 aromatic carbocycles. The number of esters is 1. The number of carbonyl (C=O) groups excluding carboxylic acids is 2. The van der Waals surface area contributed by atoms with E-state index < -0.39 is 0 Å². The lowest BCUT2D eigenvalue weighted by atomic mass is 9.95. The lowest BCUT2D eigenvalue weighted by Gasteiger charge is -2.31. The maximum atomic E-state index is 13.1. The van der Waals surface area contributed by atoms with E-state index in [9.17, 15) is 9.59 Å². The van der Waals surface area contributed by atoms with Crippen LogP contribution in [0.25, 0.3) is 27.7 Å². The molecular formula is C28H31NO5. The summed E-state index contributed by atoms with van der Waals surface area (Å²) >= 11 is 0. The van der Waals surface area contributed by atoms with Gasteiger partial charge in [-0.1, -0.05) is 30.3 Å². The number of furan rings is 1. The van der Waals surface area contributed by atoms with Crippen molar-refractivity contribution in [2.45, 2.75) is 33.6 Å². The van der Waals surface area contributed by atoms with Crippen molar-refractivity contribution in [3.63, 3.8) is 0 Å². The van der Waals surface area contributed by atoms with Crippen molar-refractivity contribution in [2.75, 3.05) is 26.8 Å². The topological polar surface area (TPSA) is 69.0 Å². The quantitative estimate of drug-likeness (QED) is 0.352. The molecular weight excluding hydrogens is 430 g/mol. The molecule has 0 N–H and O–H groups in total. The summed E-state index contributed by atoms with van der Waals surface area (Å²) in [5.41, 5.74) is 5.36. The van der Waals surface area contributed by atoms with Gasteiger partial charge in [-0.3, -0.25) is 9.59 Å². The van der Waals surface area contributed by atoms with E-state index >= 15 is 0 Å². The number of hydrogen-bond acceptors (Lipinski definition) is 5. The van der Waals surface area contributed by atoms with E-state index in [1.165, 1.54) is 0 Å². The van der Waals surface area contributed by atoms with E-state index in [0.717, 1.165) is 51.6 Å². The van der Waals surface area contributed by atoms with E-state index in [2.05, 4.69) is 0 Å². The molecule has 1 aromatic heterocycles. The number of nitrogens with zero attached hydrogens (tertiary/aromatic N) is 1. The number of ether oxygens (including phenoxy) is 2. The highest BCUT2D eigenvalue weighted by molar-refractivity contribution is 6.01. The van der Waals surface area contributed by atoms with Crippen molar-refractivity contribution >= 4 is 28.4 Å². The third-order valence-electron chi connectivity index (χ3n) is 6.45. The number of piperidine rings is 1. The lowest BCUT2D eigenvalue weighted by Crippen LogP contribution is -2.42. The van der Waals surface area contributed by atoms with Gasteiger partial charge in [0.05, 0.1) is 25.9 Å². The summed E-state index contributed by atoms with van der Waals surface area (Å²) in [6.45, 7) is 7.04. The normalized spacial score (nSPS) is 16.5. The highest BCUT2D eigenvalue weighted by atomic mass is 16.5. The Hall–Kier alpha value is -3.54. The summed E-state index contributed by atoms with van der Waals surface area (Å²) in [6.07, 6.45) is 4.94. The monoisotopic (exact) mass is 461 g/mol. The third-order valence-corrected chi connectivity index (χ3v) is 6.45. The molecule has 1 amide bonds. The van der Waals surface area contributed by atoms with Crippen molar-refractivity contribution in [1.82, 2.24) is 4.90 Å². The second kappa shape index (κ2) is 10.2. The van der Waals surface area contributed by atoms with E-state index in [0.29, 0.717) is 25.4 Å². The number of methoxy groups -OCH3 is 1. The molecule has 3 aromatic rings. The maximum Gasteiger partial charge on any atom is 0.310 e. The Bertz CT molecular complexity index is 1220. The zero-order chi connectivity index (χ0) is 24.2. The van der Waals surface area contributed by atoms with Crippen molar-refractivity contribution in [2.24, 2.45) is 5.92 Å². The van der Waals surface area contributed by atoms with Crippen LogP contribution in [0.3, 0.4) is 0 Å². The first-order valence-electron chi connectivity index (χ1n) is 11.7. The van der Waals surface area contributed by atoms with E-state index in [-0.39, 0.29) is 17.8 Å². The van der Waals surface area contributed by atoms with Crippen molar-refractivity contribution in [1.29, 1.82) is 0 Å². The van der Waals surface area contributed by atoms with Gasteiger partial charge in [0, 0.05) is 41.2 Å². The summed E-state index contributed by atoms with van der Waals surface area (Å²) in [4.78, 5) is 27.0. The molecule has 1 unspecified atom stereocenters. The molecule has 34 heavy (non-hydrogen) atoms. The number of benzene rings is 2. The molecule has 0 spiro atoms. The Labute approximate surface area is 200 Å². The first-order chi connectivity index (χ1) is 16.4. The summed E-state index contributed by atoms with van der Waals surface area (Å²) < 4.78 is 16.8. The molecule has 6 heteroatoms. The summed E-state index contributed by atoms with van der Waals surface area (Å²) in [5, 5.41) is 0.972. The summed E-state index contributed by atoms with van der Waals surface area (Å²) in [7, 11) is 1.63. The predicted octanol–water partition coefficient (Wildman–Crippen LogP) is 5.62. The van der Waals surface area contributed by atoms with E-state index in [1.807, 2.05) is 50.2 Å². The summed E-state index contributed by atoms with van der Waals surface area (Å²) in [6, 6.07) is 12.1. The molecule has 1 aliphatic rings. The number of carbonyl (C=O) groups is 2. The highest BCUT2D eigenvalue weighted by Crippen LogP contribution is 2.40. The van der Waals surface area contributed by atoms with Crippen molar-refractivity contribution in [3.8, 4) is 16.9 Å². The van der Waals surface area contributed by atoms with Crippen LogP contribution >= 0.6 is 0 Å². The van der Waals surface area contributed by atoms with Crippen LogP contribution in [0, 0.1) is 12.8 Å². The van der Waals surface area contributed by atoms with Crippen LogP contribution in [-0.2, 0) is 14.3 Å². The average Bonchev–Trinajstić information content (AvgIpc) is 3.29. The molecule has 2 heterocycles. The Kier molecular flexibility index (Phi) is 7.06. The van der Waals surface area contributed by atoms with Gasteiger partial charge in [-0.25, -0.2) is 0 Å². The Balaban J connectivity index is 1.68. The molecule has 1 fully saturated rings. The van der Waals surface area contributed by atoms with Crippen LogP contribution in [0.1, 0.15) is 37.8 Å². The third kappa shape index (κ3) is 4.58. The molecule has 0 bridgehead atoms. The molecule has 1 saturated heterocycles. The zero-order valence-electron chi connectivity index (χ0n) is 20.2. The zero-order valence-corrected chi connectivity index (χ0v) is 20.2. The van der Waals surface area contributed by atoms with Crippen LogP contribution in [0.2, 0.25) is 0 Å². The highest BCUT2D eigenvalue weighted by Gasteiger charge is 2.29. The molecule has 4 rings (SSSR count). The minimum atomic E-state index is -0.265. The average molecular weight is 462 g/mol. The molecule has 0 aliphatic carbocycles. The smallest absolute Gasteiger partial charge is 0.310 e. The van der Waals surface area contributed by atoms with Gasteiger partial charge in [0.25, 0.3) is 0 Å². The van der Waals surface area contributed by atoms with Crippen molar-refractivity contribution < 1.29 is 23.5 Å². The van der Waals surface area contributed by atoms with Crippen LogP contribution in [0.15, 0.2) is 53.2 Å². The second-order valence-corrected chi connectivity index (χ2v) is 8.68. The van der Waals surface area contributed by atoms with Gasteiger partial charge >= 0.3 is 5.97 Å². The van der Waals surface area contributed by atoms with Gasteiger partial charge in [-0.15, -0.1) is 0 Å². The van der Waals surface area contributed by atoms with Gasteiger partial charge in [-0.2, -0.15) is 0 Å². The predicted molar refractivity (Wildman–Crippen MR) is 133 cm³/mol. The Morgan fingerprint density at radius 3 is 2.71 bits per heavy atom. The minimum absolute atomic E-state index is 0.109. The molecule has 0 radical (unpaired) electrons. The largest absolute Gasteiger partial charge is 0.496 e. The first-order valence-corrected chi connectivity index (χ1v) is 11.7. The molecule has 1 atom stereocenters. The number of rotatable bonds is 6. The van der Waals surface area contributed by atoms with Crippen LogP contribution < -0.4 is 4.74 Å². The molecule has 6 nitrogen and oxygen atoms in total. The van der Waals surface area contributed by atoms with Gasteiger partial charge in [-0.05, 0) is 50.8 Å². The number of hydrogen-bond donors (Lipinski definition) is 0. The number of aryl methyl sites for hydroxylation is 1. The minimum Gasteiger partial charge on any atom is -0.496 e. The maximum absolute atomic E-state index is 13.1. The SMILES string of the molecule is CCOC(=O)C1CCCN(C(=O)/C=C(\C)c2cc3c(-c4ccccc4)coc3c(C)c2OC)C1. The van der Waals surface area contributed by atoms with Crippen LogP contribution in [-0.4, -0.2) is 43.6 Å². The second-order valence-electron chi connectivity index (χ2n) is 8.68. The van der Waals surface area contributed by atoms with Crippen molar-refractivity contribution in [3.05, 3.63) is 59.9 Å². The first kappa shape index (κ1) is 23.6. The van der Waals surface area contributed by atoms with E-state index in [1.54, 1.807) is 31.3 Å². The van der Waals surface area contributed by atoms with Crippen LogP contribution in [0.4, 0.5) is 0 Å².